The molecule has 1 aliphatic rings. The van der Waals surface area contributed by atoms with Crippen molar-refractivity contribution in [1.82, 2.24) is 15.1 Å². The Morgan fingerprint density at radius 2 is 2.35 bits per heavy atom. The molecule has 0 bridgehead atoms. The first kappa shape index (κ1) is 14.3. The summed E-state index contributed by atoms with van der Waals surface area (Å²) in [5, 5.41) is 7.00. The lowest BCUT2D eigenvalue weighted by molar-refractivity contribution is 0.351. The predicted molar refractivity (Wildman–Crippen MR) is 84.9 cm³/mol. The second kappa shape index (κ2) is 6.08. The van der Waals surface area contributed by atoms with Gasteiger partial charge in [-0.1, -0.05) is 17.3 Å². The minimum Gasteiger partial charge on any atom is -0.337 e. The number of thiazole rings is 1. The molecule has 0 aliphatic carbocycles. The first-order valence-corrected chi connectivity index (χ1v) is 8.40. The fourth-order valence-electron chi connectivity index (χ4n) is 2.91. The molecule has 0 spiro atoms. The maximum absolute atomic E-state index is 13.3. The molecule has 23 heavy (non-hydrogen) atoms. The standard InChI is InChI=1S/C16H15FN4OS/c17-12-4-1-3-11(9-12)10-14-19-15(22-20-14)13-5-2-7-21(13)16-18-6-8-23-16/h1,3-4,6,8-9,13H,2,5,7,10H2/t13-/m1/s1. The van der Waals surface area contributed by atoms with Crippen molar-refractivity contribution in [1.29, 1.82) is 0 Å². The molecular formula is C16H15FN4OS. The molecule has 3 aromatic rings. The summed E-state index contributed by atoms with van der Waals surface area (Å²) in [5.74, 6) is 0.942. The van der Waals surface area contributed by atoms with Crippen molar-refractivity contribution in [3.05, 3.63) is 58.9 Å². The van der Waals surface area contributed by atoms with Gasteiger partial charge in [0.15, 0.2) is 11.0 Å². The Kier molecular flexibility index (Phi) is 3.78. The van der Waals surface area contributed by atoms with E-state index in [1.807, 2.05) is 11.4 Å². The van der Waals surface area contributed by atoms with Gasteiger partial charge in [-0.2, -0.15) is 4.98 Å². The first-order valence-electron chi connectivity index (χ1n) is 7.52. The van der Waals surface area contributed by atoms with E-state index in [1.165, 1.54) is 12.1 Å². The number of benzene rings is 1. The lowest BCUT2D eigenvalue weighted by atomic mass is 10.1. The highest BCUT2D eigenvalue weighted by molar-refractivity contribution is 7.13. The molecule has 3 heterocycles. The van der Waals surface area contributed by atoms with Crippen LogP contribution in [0.1, 0.15) is 36.2 Å². The van der Waals surface area contributed by atoms with Gasteiger partial charge in [-0.05, 0) is 30.5 Å². The maximum atomic E-state index is 13.3. The molecule has 0 N–H and O–H groups in total. The van der Waals surface area contributed by atoms with Gasteiger partial charge in [0.05, 0.1) is 0 Å². The van der Waals surface area contributed by atoms with Crippen LogP contribution in [0.2, 0.25) is 0 Å². The van der Waals surface area contributed by atoms with Crippen LogP contribution in [0.3, 0.4) is 0 Å². The zero-order valence-electron chi connectivity index (χ0n) is 12.4. The van der Waals surface area contributed by atoms with Crippen LogP contribution in [0, 0.1) is 5.82 Å². The number of halogens is 1. The second-order valence-corrected chi connectivity index (χ2v) is 6.39. The monoisotopic (exact) mass is 330 g/mol. The van der Waals surface area contributed by atoms with Crippen molar-refractivity contribution in [3.63, 3.8) is 0 Å². The van der Waals surface area contributed by atoms with E-state index in [4.69, 9.17) is 4.52 Å². The molecule has 0 amide bonds. The minimum atomic E-state index is -0.253. The highest BCUT2D eigenvalue weighted by Gasteiger charge is 2.32. The van der Waals surface area contributed by atoms with Gasteiger partial charge in [-0.3, -0.25) is 0 Å². The average Bonchev–Trinajstić information content (AvgIpc) is 3.28. The van der Waals surface area contributed by atoms with E-state index >= 15 is 0 Å². The smallest absolute Gasteiger partial charge is 0.249 e. The van der Waals surface area contributed by atoms with E-state index in [0.717, 1.165) is 30.1 Å². The minimum absolute atomic E-state index is 0.0786. The molecule has 1 aromatic carbocycles. The average molecular weight is 330 g/mol. The Balaban J connectivity index is 1.53. The molecule has 1 fully saturated rings. The third kappa shape index (κ3) is 2.96. The molecule has 1 aliphatic heterocycles. The van der Waals surface area contributed by atoms with Crippen molar-refractivity contribution >= 4 is 16.5 Å². The summed E-state index contributed by atoms with van der Waals surface area (Å²) in [6, 6.07) is 6.54. The van der Waals surface area contributed by atoms with Gasteiger partial charge in [0.25, 0.3) is 0 Å². The SMILES string of the molecule is Fc1cccc(Cc2noc([C@H]3CCCN3c3nccs3)n2)c1. The molecule has 5 nitrogen and oxygen atoms in total. The van der Waals surface area contributed by atoms with Crippen LogP contribution in [-0.2, 0) is 6.42 Å². The molecule has 4 rings (SSSR count). The van der Waals surface area contributed by atoms with E-state index in [2.05, 4.69) is 20.0 Å². The Labute approximate surface area is 136 Å². The Morgan fingerprint density at radius 3 is 3.17 bits per heavy atom. The number of hydrogen-bond acceptors (Lipinski definition) is 6. The van der Waals surface area contributed by atoms with E-state index in [0.29, 0.717) is 18.1 Å². The quantitative estimate of drug-likeness (QED) is 0.731. The Morgan fingerprint density at radius 1 is 1.39 bits per heavy atom. The third-order valence-electron chi connectivity index (χ3n) is 3.94. The summed E-state index contributed by atoms with van der Waals surface area (Å²) in [6.45, 7) is 0.944. The third-order valence-corrected chi connectivity index (χ3v) is 4.75. The lowest BCUT2D eigenvalue weighted by Crippen LogP contribution is -2.22. The molecule has 1 saturated heterocycles. The van der Waals surface area contributed by atoms with Crippen LogP contribution in [-0.4, -0.2) is 21.7 Å². The van der Waals surface area contributed by atoms with Crippen LogP contribution < -0.4 is 4.90 Å². The summed E-state index contributed by atoms with van der Waals surface area (Å²) >= 11 is 1.61. The zero-order valence-corrected chi connectivity index (χ0v) is 13.2. The molecule has 1 atom stereocenters. The lowest BCUT2D eigenvalue weighted by Gasteiger charge is -2.20. The number of hydrogen-bond donors (Lipinski definition) is 0. The molecular weight excluding hydrogens is 315 g/mol. The Hall–Kier alpha value is -2.28. The highest BCUT2D eigenvalue weighted by Crippen LogP contribution is 2.36. The number of aromatic nitrogens is 3. The molecule has 7 heteroatoms. The van der Waals surface area contributed by atoms with E-state index in [9.17, 15) is 4.39 Å². The van der Waals surface area contributed by atoms with Gasteiger partial charge in [0.1, 0.15) is 11.9 Å². The van der Waals surface area contributed by atoms with Crippen molar-refractivity contribution in [2.45, 2.75) is 25.3 Å². The van der Waals surface area contributed by atoms with Crippen molar-refractivity contribution in [3.8, 4) is 0 Å². The zero-order chi connectivity index (χ0) is 15.6. The fraction of sp³-hybridized carbons (Fsp3) is 0.312. The van der Waals surface area contributed by atoms with Gasteiger partial charge in [0.2, 0.25) is 5.89 Å². The second-order valence-electron chi connectivity index (χ2n) is 5.52. The predicted octanol–water partition coefficient (Wildman–Crippen LogP) is 3.60. The van der Waals surface area contributed by atoms with Crippen LogP contribution in [0.15, 0.2) is 40.4 Å². The number of nitrogens with zero attached hydrogens (tertiary/aromatic N) is 4. The van der Waals surface area contributed by atoms with Crippen molar-refractivity contribution in [2.24, 2.45) is 0 Å². The van der Waals surface area contributed by atoms with Crippen molar-refractivity contribution < 1.29 is 8.91 Å². The summed E-state index contributed by atoms with van der Waals surface area (Å²) in [4.78, 5) is 11.1. The van der Waals surface area contributed by atoms with Crippen LogP contribution >= 0.6 is 11.3 Å². The molecule has 0 saturated carbocycles. The Bertz CT molecular complexity index is 789. The normalized spacial score (nSPS) is 17.8. The van der Waals surface area contributed by atoms with E-state index < -0.39 is 0 Å². The van der Waals surface area contributed by atoms with Gasteiger partial charge < -0.3 is 9.42 Å². The largest absolute Gasteiger partial charge is 0.337 e. The van der Waals surface area contributed by atoms with Gasteiger partial charge >= 0.3 is 0 Å². The summed E-state index contributed by atoms with van der Waals surface area (Å²) in [5.41, 5.74) is 0.834. The highest BCUT2D eigenvalue weighted by atomic mass is 32.1. The molecule has 118 valence electrons. The van der Waals surface area contributed by atoms with Gasteiger partial charge in [-0.15, -0.1) is 11.3 Å². The number of rotatable bonds is 4. The number of anilines is 1. The molecule has 0 unspecified atom stereocenters. The van der Waals surface area contributed by atoms with Crippen LogP contribution in [0.4, 0.5) is 9.52 Å². The fourth-order valence-corrected chi connectivity index (χ4v) is 3.63. The topological polar surface area (TPSA) is 55.1 Å². The summed E-state index contributed by atoms with van der Waals surface area (Å²) in [7, 11) is 0. The summed E-state index contributed by atoms with van der Waals surface area (Å²) < 4.78 is 18.7. The summed E-state index contributed by atoms with van der Waals surface area (Å²) in [6.07, 6.45) is 4.32. The van der Waals surface area contributed by atoms with Crippen LogP contribution in [0.25, 0.3) is 0 Å². The van der Waals surface area contributed by atoms with E-state index in [1.54, 1.807) is 23.6 Å². The van der Waals surface area contributed by atoms with E-state index in [-0.39, 0.29) is 11.9 Å². The van der Waals surface area contributed by atoms with Gasteiger partial charge in [0, 0.05) is 24.5 Å². The van der Waals surface area contributed by atoms with Gasteiger partial charge in [-0.25, -0.2) is 9.37 Å². The van der Waals surface area contributed by atoms with Crippen molar-refractivity contribution in [2.75, 3.05) is 11.4 Å². The maximum Gasteiger partial charge on any atom is 0.249 e. The molecule has 0 radical (unpaired) electrons. The molecule has 2 aromatic heterocycles. The first-order chi connectivity index (χ1) is 11.3. The van der Waals surface area contributed by atoms with Crippen LogP contribution in [0.5, 0.6) is 0 Å².